The highest BCUT2D eigenvalue weighted by Gasteiger charge is 2.44. The molecule has 0 aromatic heterocycles. The lowest BCUT2D eigenvalue weighted by Crippen LogP contribution is -2.56. The summed E-state index contributed by atoms with van der Waals surface area (Å²) >= 11 is 0. The first-order valence-corrected chi connectivity index (χ1v) is 10.7. The van der Waals surface area contributed by atoms with Gasteiger partial charge in [-0.3, -0.25) is 16.1 Å². The van der Waals surface area contributed by atoms with Gasteiger partial charge in [-0.05, 0) is 62.6 Å². The molecular weight excluding hydrogens is 350 g/mol. The topological polar surface area (TPSA) is 94.9 Å². The van der Waals surface area contributed by atoms with Crippen molar-refractivity contribution in [2.45, 2.75) is 57.4 Å². The normalized spacial score (nSPS) is 38.0. The van der Waals surface area contributed by atoms with Gasteiger partial charge in [-0.2, -0.15) is 5.43 Å². The second kappa shape index (κ2) is 6.61. The van der Waals surface area contributed by atoms with Gasteiger partial charge < -0.3 is 10.6 Å². The smallest absolute Gasteiger partial charge is 0.209 e. The summed E-state index contributed by atoms with van der Waals surface area (Å²) in [4.78, 5) is 9.63. The third kappa shape index (κ3) is 2.96. The number of rotatable bonds is 3. The molecule has 1 aromatic rings. The molecule has 2 bridgehead atoms. The number of hydrazine groups is 1. The average molecular weight is 384 g/mol. The van der Waals surface area contributed by atoms with E-state index in [2.05, 4.69) is 57.7 Å². The van der Waals surface area contributed by atoms with E-state index < -0.39 is 5.79 Å². The minimum atomic E-state index is -0.999. The molecule has 2 saturated carbocycles. The quantitative estimate of drug-likeness (QED) is 0.626. The Bertz CT molecular complexity index is 793. The summed E-state index contributed by atoms with van der Waals surface area (Å²) in [7, 11) is 0. The monoisotopic (exact) mass is 383 g/mol. The van der Waals surface area contributed by atoms with E-state index in [4.69, 9.17) is 11.5 Å². The number of nitrogens with two attached hydrogens (primary N) is 2. The lowest BCUT2D eigenvalue weighted by molar-refractivity contribution is 0.0901. The molecule has 2 aliphatic carbocycles. The van der Waals surface area contributed by atoms with Crippen molar-refractivity contribution in [3.63, 3.8) is 0 Å². The van der Waals surface area contributed by atoms with Crippen LogP contribution in [0.5, 0.6) is 0 Å². The number of hydrogen-bond acceptors (Lipinski definition) is 7. The number of benzene rings is 1. The summed E-state index contributed by atoms with van der Waals surface area (Å²) in [5.74, 6) is 1.28. The molecule has 3 fully saturated rings. The van der Waals surface area contributed by atoms with Crippen molar-refractivity contribution in [1.82, 2.24) is 15.8 Å². The first kappa shape index (κ1) is 18.2. The van der Waals surface area contributed by atoms with Gasteiger partial charge in [-0.1, -0.05) is 12.5 Å². The fraction of sp³-hybridized carbons (Fsp3) is 0.667. The molecule has 7 heteroatoms. The molecule has 4 aliphatic rings. The second-order valence-corrected chi connectivity index (χ2v) is 9.29. The van der Waals surface area contributed by atoms with E-state index in [0.717, 1.165) is 36.5 Å². The van der Waals surface area contributed by atoms with Crippen LogP contribution in [-0.4, -0.2) is 42.6 Å². The number of aliphatic imine (C=N–C) groups is 1. The first-order valence-electron chi connectivity index (χ1n) is 10.7. The van der Waals surface area contributed by atoms with Gasteiger partial charge in [0, 0.05) is 43.0 Å². The van der Waals surface area contributed by atoms with E-state index in [1.165, 1.54) is 43.5 Å². The molecule has 5 rings (SSSR count). The number of hydrogen-bond donors (Lipinski definition) is 4. The van der Waals surface area contributed by atoms with Crippen LogP contribution in [-0.2, 0) is 5.79 Å². The van der Waals surface area contributed by atoms with Gasteiger partial charge in [0.15, 0.2) is 0 Å². The van der Waals surface area contributed by atoms with Crippen molar-refractivity contribution in [3.05, 3.63) is 29.3 Å². The molecular formula is C21H33N7. The fourth-order valence-electron chi connectivity index (χ4n) is 6.09. The highest BCUT2D eigenvalue weighted by molar-refractivity contribution is 5.79. The van der Waals surface area contributed by atoms with Crippen molar-refractivity contribution in [1.29, 1.82) is 0 Å². The van der Waals surface area contributed by atoms with Gasteiger partial charge in [-0.15, -0.1) is 0 Å². The molecule has 5 atom stereocenters. The highest BCUT2D eigenvalue weighted by atomic mass is 15.6. The number of anilines is 1. The molecule has 152 valence electrons. The van der Waals surface area contributed by atoms with Crippen LogP contribution in [0, 0.1) is 18.8 Å². The predicted octanol–water partition coefficient (Wildman–Crippen LogP) is 1.19. The summed E-state index contributed by atoms with van der Waals surface area (Å²) < 4.78 is 0. The van der Waals surface area contributed by atoms with Crippen LogP contribution in [0.1, 0.15) is 43.7 Å². The summed E-state index contributed by atoms with van der Waals surface area (Å²) in [5.41, 5.74) is 21.3. The first-order chi connectivity index (χ1) is 13.4. The van der Waals surface area contributed by atoms with Gasteiger partial charge >= 0.3 is 0 Å². The number of fused-ring (bicyclic) bond motifs is 2. The number of nitrogens with one attached hydrogen (secondary N) is 2. The molecule has 6 N–H and O–H groups in total. The summed E-state index contributed by atoms with van der Waals surface area (Å²) in [6.45, 7) is 7.92. The molecule has 1 aromatic carbocycles. The molecule has 28 heavy (non-hydrogen) atoms. The Hall–Kier alpha value is -1.83. The third-order valence-corrected chi connectivity index (χ3v) is 7.46. The predicted molar refractivity (Wildman–Crippen MR) is 113 cm³/mol. The van der Waals surface area contributed by atoms with Crippen molar-refractivity contribution in [2.24, 2.45) is 28.3 Å². The minimum absolute atomic E-state index is 0.315. The van der Waals surface area contributed by atoms with E-state index >= 15 is 0 Å². The molecule has 1 unspecified atom stereocenters. The molecule has 2 heterocycles. The van der Waals surface area contributed by atoms with Crippen LogP contribution >= 0.6 is 0 Å². The largest absolute Gasteiger partial charge is 0.369 e. The Morgan fingerprint density at radius 2 is 2.07 bits per heavy atom. The molecule has 0 spiro atoms. The SMILES string of the molecule is Cc1cc(C2(N)N=C(N)NN2)ccc1N1CCN([C@H]2C[C@@H]3CC[C@H]2C3)[C@@H](C)C1. The Morgan fingerprint density at radius 3 is 2.68 bits per heavy atom. The molecule has 7 nitrogen and oxygen atoms in total. The van der Waals surface area contributed by atoms with E-state index in [1.54, 1.807) is 0 Å². The van der Waals surface area contributed by atoms with Crippen molar-refractivity contribution in [2.75, 3.05) is 24.5 Å². The van der Waals surface area contributed by atoms with E-state index in [0.29, 0.717) is 12.0 Å². The van der Waals surface area contributed by atoms with Crippen LogP contribution in [0.2, 0.25) is 0 Å². The zero-order valence-electron chi connectivity index (χ0n) is 17.0. The Balaban J connectivity index is 1.30. The van der Waals surface area contributed by atoms with Crippen molar-refractivity contribution >= 4 is 11.6 Å². The lowest BCUT2D eigenvalue weighted by atomic mass is 9.92. The standard InChI is InChI=1S/C21H33N7/c1-13-9-17(21(23)24-20(22)25-26-21)5-6-18(13)27-7-8-28(14(2)12-27)19-11-15-3-4-16(19)10-15/h5-6,9,14-16,19,26H,3-4,7-8,10-12,23H2,1-2H3,(H3,22,24,25)/t14-,15+,16-,19-,21?/m0/s1. The van der Waals surface area contributed by atoms with Crippen LogP contribution in [0.15, 0.2) is 23.2 Å². The van der Waals surface area contributed by atoms with Crippen molar-refractivity contribution < 1.29 is 0 Å². The van der Waals surface area contributed by atoms with Gasteiger partial charge in [0.25, 0.3) is 0 Å². The zero-order valence-corrected chi connectivity index (χ0v) is 17.0. The fourth-order valence-corrected chi connectivity index (χ4v) is 6.09. The molecule has 1 saturated heterocycles. The van der Waals surface area contributed by atoms with Gasteiger partial charge in [0.05, 0.1) is 0 Å². The van der Waals surface area contributed by atoms with Crippen LogP contribution in [0.4, 0.5) is 5.69 Å². The zero-order chi connectivity index (χ0) is 19.5. The molecule has 0 amide bonds. The number of nitrogens with zero attached hydrogens (tertiary/aromatic N) is 3. The lowest BCUT2D eigenvalue weighted by Gasteiger charge is -2.46. The number of aryl methyl sites for hydroxylation is 1. The number of guanidine groups is 1. The van der Waals surface area contributed by atoms with E-state index in [9.17, 15) is 0 Å². The van der Waals surface area contributed by atoms with Gasteiger partial charge in [-0.25, -0.2) is 4.99 Å². The second-order valence-electron chi connectivity index (χ2n) is 9.29. The van der Waals surface area contributed by atoms with Gasteiger partial charge in [0.2, 0.25) is 11.7 Å². The van der Waals surface area contributed by atoms with Crippen LogP contribution in [0.3, 0.4) is 0 Å². The summed E-state index contributed by atoms with van der Waals surface area (Å²) in [6.07, 6.45) is 5.85. The third-order valence-electron chi connectivity index (χ3n) is 7.46. The van der Waals surface area contributed by atoms with E-state index in [-0.39, 0.29) is 0 Å². The maximum absolute atomic E-state index is 6.35. The Morgan fingerprint density at radius 1 is 1.21 bits per heavy atom. The summed E-state index contributed by atoms with van der Waals surface area (Å²) in [6, 6.07) is 7.81. The summed E-state index contributed by atoms with van der Waals surface area (Å²) in [5, 5.41) is 0. The Kier molecular flexibility index (Phi) is 4.30. The number of piperazine rings is 1. The molecule has 2 aliphatic heterocycles. The Labute approximate surface area is 167 Å². The molecule has 0 radical (unpaired) electrons. The van der Waals surface area contributed by atoms with Gasteiger partial charge in [0.1, 0.15) is 0 Å². The maximum atomic E-state index is 6.35. The maximum Gasteiger partial charge on any atom is 0.209 e. The van der Waals surface area contributed by atoms with Crippen LogP contribution < -0.4 is 27.2 Å². The average Bonchev–Trinajstić information content (AvgIpc) is 3.38. The van der Waals surface area contributed by atoms with E-state index in [1.807, 2.05) is 0 Å². The highest BCUT2D eigenvalue weighted by Crippen LogP contribution is 2.47. The van der Waals surface area contributed by atoms with Crippen LogP contribution in [0.25, 0.3) is 0 Å². The van der Waals surface area contributed by atoms with Crippen molar-refractivity contribution in [3.8, 4) is 0 Å². The minimum Gasteiger partial charge on any atom is -0.369 e.